The molecule has 1 amide bonds. The van der Waals surface area contributed by atoms with E-state index in [0.717, 1.165) is 17.2 Å². The SMILES string of the molecule is CC(C)(c1nnc(-c2cc3c(cc2F)S(=O)(=O)C[C@H](N)C(=O)N3Cc2ccc(-c3noc(C(F)(F)F)n3)cc2)o1)S(C)(=O)=O. The molecule has 13 nitrogen and oxygen atoms in total. The van der Waals surface area contributed by atoms with Gasteiger partial charge in [-0.3, -0.25) is 4.79 Å². The standard InChI is InChI=1S/C25H22F4N6O7S2/c1-24(2,43(3,37)38)22-33-32-20(41-22)14-8-17-18(9-15(14)26)44(39,40)11-16(30)21(36)35(17)10-12-4-6-13(7-5-12)19-31-23(42-34-19)25(27,28)29/h4-9,16H,10-11,30H2,1-3H3/t16-/m0/s1. The first-order chi connectivity index (χ1) is 20.3. The van der Waals surface area contributed by atoms with Crippen molar-refractivity contribution < 1.29 is 48.1 Å². The molecule has 0 aliphatic carbocycles. The van der Waals surface area contributed by atoms with Crippen molar-refractivity contribution in [2.75, 3.05) is 16.9 Å². The van der Waals surface area contributed by atoms with Crippen LogP contribution >= 0.6 is 0 Å². The smallest absolute Gasteiger partial charge is 0.419 e. The molecular formula is C25H22F4N6O7S2. The van der Waals surface area contributed by atoms with Crippen molar-refractivity contribution in [2.45, 2.75) is 42.3 Å². The molecule has 0 bridgehead atoms. The van der Waals surface area contributed by atoms with Crippen molar-refractivity contribution in [3.63, 3.8) is 0 Å². The minimum absolute atomic E-state index is 0.156. The van der Waals surface area contributed by atoms with Crippen LogP contribution in [-0.2, 0) is 41.9 Å². The van der Waals surface area contributed by atoms with E-state index in [1.54, 1.807) is 0 Å². The summed E-state index contributed by atoms with van der Waals surface area (Å²) in [6, 6.07) is 5.75. The predicted molar refractivity (Wildman–Crippen MR) is 144 cm³/mol. The van der Waals surface area contributed by atoms with Gasteiger partial charge in [0.2, 0.25) is 17.6 Å². The number of hydrogen-bond acceptors (Lipinski definition) is 12. The van der Waals surface area contributed by atoms with Gasteiger partial charge in [-0.1, -0.05) is 29.4 Å². The van der Waals surface area contributed by atoms with Gasteiger partial charge in [0.25, 0.3) is 5.89 Å². The fourth-order valence-electron chi connectivity index (χ4n) is 4.18. The van der Waals surface area contributed by atoms with E-state index in [1.165, 1.54) is 38.1 Å². The van der Waals surface area contributed by atoms with E-state index in [9.17, 15) is 34.8 Å². The second-order valence-electron chi connectivity index (χ2n) is 10.4. The number of nitrogens with two attached hydrogens (primary N) is 1. The first kappa shape index (κ1) is 31.2. The van der Waals surface area contributed by atoms with Crippen LogP contribution in [0.2, 0.25) is 0 Å². The van der Waals surface area contributed by atoms with Crippen LogP contribution in [0.5, 0.6) is 0 Å². The van der Waals surface area contributed by atoms with Crippen molar-refractivity contribution in [1.29, 1.82) is 0 Å². The number of sulfone groups is 2. The van der Waals surface area contributed by atoms with Crippen molar-refractivity contribution >= 4 is 31.3 Å². The lowest BCUT2D eigenvalue weighted by molar-refractivity contribution is -0.159. The molecule has 4 aromatic rings. The zero-order chi connectivity index (χ0) is 32.4. The van der Waals surface area contributed by atoms with E-state index in [-0.39, 0.29) is 29.5 Å². The van der Waals surface area contributed by atoms with Gasteiger partial charge in [0.15, 0.2) is 19.7 Å². The fourth-order valence-corrected chi connectivity index (χ4v) is 6.14. The van der Waals surface area contributed by atoms with Gasteiger partial charge in [0.05, 0.1) is 34.5 Å². The number of carbonyl (C=O) groups excluding carboxylic acids is 1. The quantitative estimate of drug-likeness (QED) is 0.298. The molecule has 2 aromatic heterocycles. The van der Waals surface area contributed by atoms with Crippen LogP contribution < -0.4 is 10.6 Å². The molecule has 0 fully saturated rings. The van der Waals surface area contributed by atoms with Gasteiger partial charge in [0.1, 0.15) is 10.6 Å². The summed E-state index contributed by atoms with van der Waals surface area (Å²) >= 11 is 0. The Morgan fingerprint density at radius 3 is 2.34 bits per heavy atom. The number of fused-ring (bicyclic) bond motifs is 1. The van der Waals surface area contributed by atoms with E-state index in [4.69, 9.17) is 10.2 Å². The van der Waals surface area contributed by atoms with E-state index < -0.39 is 76.4 Å². The molecule has 0 radical (unpaired) electrons. The first-order valence-electron chi connectivity index (χ1n) is 12.5. The maximum Gasteiger partial charge on any atom is 0.471 e. The molecule has 1 aliphatic rings. The molecule has 19 heteroatoms. The third-order valence-corrected chi connectivity index (χ3v) is 10.8. The molecule has 0 unspecified atom stereocenters. The molecule has 5 rings (SSSR count). The van der Waals surface area contributed by atoms with Gasteiger partial charge < -0.3 is 19.6 Å². The van der Waals surface area contributed by atoms with Crippen LogP contribution in [-0.4, -0.2) is 61.1 Å². The van der Waals surface area contributed by atoms with E-state index in [0.29, 0.717) is 11.6 Å². The highest BCUT2D eigenvalue weighted by molar-refractivity contribution is 7.92. The largest absolute Gasteiger partial charge is 0.471 e. The molecule has 234 valence electrons. The van der Waals surface area contributed by atoms with Crippen LogP contribution in [0.25, 0.3) is 22.8 Å². The highest BCUT2D eigenvalue weighted by Crippen LogP contribution is 2.38. The van der Waals surface area contributed by atoms with Crippen LogP contribution in [0.1, 0.15) is 31.2 Å². The minimum Gasteiger partial charge on any atom is -0.419 e. The average molecular weight is 659 g/mol. The lowest BCUT2D eigenvalue weighted by Crippen LogP contribution is -2.45. The summed E-state index contributed by atoms with van der Waals surface area (Å²) in [5.41, 5.74) is 5.77. The predicted octanol–water partition coefficient (Wildman–Crippen LogP) is 2.87. The lowest BCUT2D eigenvalue weighted by atomic mass is 10.1. The molecule has 0 spiro atoms. The Kier molecular flexibility index (Phi) is 7.41. The fraction of sp³-hybridized carbons (Fsp3) is 0.320. The maximum atomic E-state index is 15.4. The third kappa shape index (κ3) is 5.57. The van der Waals surface area contributed by atoms with Crippen LogP contribution in [0.15, 0.2) is 50.2 Å². The van der Waals surface area contributed by atoms with Gasteiger partial charge in [-0.15, -0.1) is 10.2 Å². The number of carbonyl (C=O) groups is 1. The Morgan fingerprint density at radius 1 is 1.09 bits per heavy atom. The van der Waals surface area contributed by atoms with E-state index in [2.05, 4.69) is 24.9 Å². The van der Waals surface area contributed by atoms with Gasteiger partial charge >= 0.3 is 12.1 Å². The normalized spacial score (nSPS) is 17.4. The number of alkyl halides is 3. The molecule has 44 heavy (non-hydrogen) atoms. The van der Waals surface area contributed by atoms with Gasteiger partial charge in [-0.2, -0.15) is 18.2 Å². The van der Waals surface area contributed by atoms with Crippen LogP contribution in [0.3, 0.4) is 0 Å². The second kappa shape index (κ2) is 10.4. The number of halogens is 4. The zero-order valence-corrected chi connectivity index (χ0v) is 24.6. The number of aromatic nitrogens is 4. The molecule has 1 atom stereocenters. The second-order valence-corrected chi connectivity index (χ2v) is 15.0. The van der Waals surface area contributed by atoms with Crippen molar-refractivity contribution in [1.82, 2.24) is 20.3 Å². The van der Waals surface area contributed by atoms with Crippen molar-refractivity contribution in [2.24, 2.45) is 5.73 Å². The Labute approximate surface area is 246 Å². The molecule has 2 N–H and O–H groups in total. The topological polar surface area (TPSA) is 192 Å². The van der Waals surface area contributed by atoms with Crippen molar-refractivity contribution in [3.05, 3.63) is 59.6 Å². The Bertz CT molecular complexity index is 1990. The average Bonchev–Trinajstić information content (AvgIpc) is 3.61. The van der Waals surface area contributed by atoms with Crippen LogP contribution in [0, 0.1) is 5.82 Å². The third-order valence-electron chi connectivity index (χ3n) is 6.98. The monoisotopic (exact) mass is 658 g/mol. The molecule has 0 saturated carbocycles. The van der Waals surface area contributed by atoms with E-state index >= 15 is 4.39 Å². The van der Waals surface area contributed by atoms with Crippen molar-refractivity contribution in [3.8, 4) is 22.8 Å². The summed E-state index contributed by atoms with van der Waals surface area (Å²) in [6.45, 7) is 2.32. The van der Waals surface area contributed by atoms with E-state index in [1.807, 2.05) is 0 Å². The minimum atomic E-state index is -4.84. The Hall–Kier alpha value is -4.23. The molecule has 2 aromatic carbocycles. The molecular weight excluding hydrogens is 636 g/mol. The number of anilines is 1. The number of amides is 1. The highest BCUT2D eigenvalue weighted by Gasteiger charge is 2.41. The highest BCUT2D eigenvalue weighted by atomic mass is 32.2. The maximum absolute atomic E-state index is 15.4. The Morgan fingerprint density at radius 2 is 1.75 bits per heavy atom. The summed E-state index contributed by atoms with van der Waals surface area (Å²) in [5, 5.41) is 10.8. The molecule has 3 heterocycles. The summed E-state index contributed by atoms with van der Waals surface area (Å²) < 4.78 is 113. The molecule has 1 aliphatic heterocycles. The summed E-state index contributed by atoms with van der Waals surface area (Å²) in [5.74, 6) is -5.45. The number of benzene rings is 2. The van der Waals surface area contributed by atoms with Gasteiger partial charge in [-0.25, -0.2) is 21.2 Å². The summed E-state index contributed by atoms with van der Waals surface area (Å²) in [6.07, 6.45) is -3.89. The number of nitrogens with zero attached hydrogens (tertiary/aromatic N) is 5. The van der Waals surface area contributed by atoms with Gasteiger partial charge in [0, 0.05) is 11.8 Å². The van der Waals surface area contributed by atoms with Gasteiger partial charge in [-0.05, 0) is 31.5 Å². The lowest BCUT2D eigenvalue weighted by Gasteiger charge is -2.24. The number of hydrogen-bond donors (Lipinski definition) is 1. The first-order valence-corrected chi connectivity index (χ1v) is 16.0. The van der Waals surface area contributed by atoms with Crippen LogP contribution in [0.4, 0.5) is 23.2 Å². The molecule has 0 saturated heterocycles. The summed E-state index contributed by atoms with van der Waals surface area (Å²) in [7, 11) is -8.04. The zero-order valence-electron chi connectivity index (χ0n) is 23.0. The summed E-state index contributed by atoms with van der Waals surface area (Å²) in [4.78, 5) is 17.1. The Balaban J connectivity index is 1.56. The number of rotatable bonds is 6.